The first kappa shape index (κ1) is 49.3. The summed E-state index contributed by atoms with van der Waals surface area (Å²) < 4.78 is 24.4. The van der Waals surface area contributed by atoms with E-state index in [-0.39, 0.29) is 41.0 Å². The van der Waals surface area contributed by atoms with E-state index in [0.29, 0.717) is 80.4 Å². The monoisotopic (exact) mass is 1020 g/mol. The Hall–Kier alpha value is -9.88. The molecule has 3 aliphatic heterocycles. The average molecular weight is 1020 g/mol. The Morgan fingerprint density at radius 1 is 0.377 bits per heavy atom. The zero-order valence-corrected chi connectivity index (χ0v) is 42.4. The number of benzene rings is 8. The number of hydrogen-bond acceptors (Lipinski definition) is 10. The van der Waals surface area contributed by atoms with Gasteiger partial charge in [0.25, 0.3) is 35.4 Å². The Labute approximate surface area is 443 Å². The molecule has 3 heterocycles. The molecular formula is C64H49N3O10. The zero-order chi connectivity index (χ0) is 53.6. The molecule has 0 atom stereocenters. The summed E-state index contributed by atoms with van der Waals surface area (Å²) in [7, 11) is 0. The van der Waals surface area contributed by atoms with Crippen molar-refractivity contribution in [3.63, 3.8) is 0 Å². The Kier molecular flexibility index (Phi) is 12.7. The Bertz CT molecular complexity index is 3680. The molecule has 0 unspecified atom stereocenters. The van der Waals surface area contributed by atoms with Gasteiger partial charge in [0.1, 0.15) is 46.0 Å². The van der Waals surface area contributed by atoms with Gasteiger partial charge in [-0.2, -0.15) is 0 Å². The Morgan fingerprint density at radius 3 is 1.16 bits per heavy atom. The van der Waals surface area contributed by atoms with Gasteiger partial charge in [-0.25, -0.2) is 4.90 Å². The van der Waals surface area contributed by atoms with Crippen molar-refractivity contribution >= 4 is 41.1 Å². The highest BCUT2D eigenvalue weighted by Crippen LogP contribution is 2.38. The standard InChI is InChI=1S/C64H49N3O10/c1-63(2,41-9-21-47(22-10-41)75-50-27-15-44(16-28-50)67-57(68)33-34-58(67)69)40-7-19-46(20-8-40)74-45-17-5-39(6-18-45)35-36-66-61(72)54-32-30-52(38-56(54)62(66)73)77-49-25-13-43(14-26-49)64(3,4)42-11-23-48(24-12-42)76-51-29-31-53-55(37-51)60(71)65-59(53)70/h5-34,37-38H,35-36H2,1-4H3,(H,65,70,71). The van der Waals surface area contributed by atoms with Crippen molar-refractivity contribution in [2.75, 3.05) is 11.4 Å². The summed E-state index contributed by atoms with van der Waals surface area (Å²) in [6, 6.07) is 55.5. The first-order chi connectivity index (χ1) is 37.1. The van der Waals surface area contributed by atoms with Crippen LogP contribution < -0.4 is 29.2 Å². The van der Waals surface area contributed by atoms with Crippen LogP contribution in [-0.2, 0) is 26.8 Å². The number of rotatable bonds is 16. The molecule has 0 fully saturated rings. The summed E-state index contributed by atoms with van der Waals surface area (Å²) >= 11 is 0. The molecule has 0 bridgehead atoms. The van der Waals surface area contributed by atoms with Crippen molar-refractivity contribution in [3.05, 3.63) is 244 Å². The number of carbonyl (C=O) groups is 6. The minimum atomic E-state index is -0.440. The normalized spacial score (nSPS) is 14.0. The van der Waals surface area contributed by atoms with Crippen LogP contribution >= 0.6 is 0 Å². The number of amides is 6. The van der Waals surface area contributed by atoms with Crippen molar-refractivity contribution in [2.24, 2.45) is 0 Å². The highest BCUT2D eigenvalue weighted by atomic mass is 16.5. The lowest BCUT2D eigenvalue weighted by Gasteiger charge is -2.26. The predicted octanol–water partition coefficient (Wildman–Crippen LogP) is 12.7. The van der Waals surface area contributed by atoms with Crippen LogP contribution in [0.1, 0.15) is 96.9 Å². The van der Waals surface area contributed by atoms with Gasteiger partial charge in [-0.15, -0.1) is 0 Å². The number of ether oxygens (including phenoxy) is 4. The molecule has 1 N–H and O–H groups in total. The van der Waals surface area contributed by atoms with Gasteiger partial charge < -0.3 is 18.9 Å². The van der Waals surface area contributed by atoms with Crippen LogP contribution in [0.15, 0.2) is 194 Å². The summed E-state index contributed by atoms with van der Waals surface area (Å²) in [5.74, 6) is 2.30. The predicted molar refractivity (Wildman–Crippen MR) is 289 cm³/mol. The molecule has 6 amide bonds. The van der Waals surface area contributed by atoms with Crippen LogP contribution in [0, 0.1) is 0 Å². The number of hydrogen-bond donors (Lipinski definition) is 1. The van der Waals surface area contributed by atoms with Crippen LogP contribution in [0.2, 0.25) is 0 Å². The summed E-state index contributed by atoms with van der Waals surface area (Å²) in [5.41, 5.74) is 6.23. The first-order valence-corrected chi connectivity index (χ1v) is 25.0. The van der Waals surface area contributed by atoms with E-state index in [2.05, 4.69) is 33.0 Å². The molecule has 8 aromatic carbocycles. The van der Waals surface area contributed by atoms with E-state index < -0.39 is 11.8 Å². The fourth-order valence-electron chi connectivity index (χ4n) is 9.67. The third-order valence-corrected chi connectivity index (χ3v) is 14.3. The van der Waals surface area contributed by atoms with E-state index in [1.165, 1.54) is 17.1 Å². The topological polar surface area (TPSA) is 158 Å². The van der Waals surface area contributed by atoms with Crippen molar-refractivity contribution in [1.29, 1.82) is 0 Å². The minimum absolute atomic E-state index is 0.208. The highest BCUT2D eigenvalue weighted by molar-refractivity contribution is 6.28. The summed E-state index contributed by atoms with van der Waals surface area (Å²) in [4.78, 5) is 77.5. The molecule has 0 aromatic heterocycles. The van der Waals surface area contributed by atoms with Crippen molar-refractivity contribution in [3.8, 4) is 46.0 Å². The molecule has 3 aliphatic rings. The molecule has 13 heteroatoms. The number of anilines is 1. The van der Waals surface area contributed by atoms with E-state index in [4.69, 9.17) is 18.9 Å². The van der Waals surface area contributed by atoms with Gasteiger partial charge in [-0.1, -0.05) is 88.4 Å². The number of fused-ring (bicyclic) bond motifs is 2. The third kappa shape index (κ3) is 9.85. The lowest BCUT2D eigenvalue weighted by molar-refractivity contribution is -0.120. The summed E-state index contributed by atoms with van der Waals surface area (Å²) in [5, 5.41) is 2.29. The van der Waals surface area contributed by atoms with Gasteiger partial charge in [0, 0.05) is 29.5 Å². The highest BCUT2D eigenvalue weighted by Gasteiger charge is 2.36. The molecule has 8 aromatic rings. The fourth-order valence-corrected chi connectivity index (χ4v) is 9.67. The van der Waals surface area contributed by atoms with E-state index >= 15 is 0 Å². The summed E-state index contributed by atoms with van der Waals surface area (Å²) in [6.45, 7) is 8.75. The average Bonchev–Trinajstić information content (AvgIpc) is 4.09. The summed E-state index contributed by atoms with van der Waals surface area (Å²) in [6.07, 6.45) is 2.97. The second-order valence-electron chi connectivity index (χ2n) is 19.9. The lowest BCUT2D eigenvalue weighted by atomic mass is 9.78. The molecular weight excluding hydrogens is 971 g/mol. The van der Waals surface area contributed by atoms with Crippen LogP contribution in [0.25, 0.3) is 0 Å². The molecule has 77 heavy (non-hydrogen) atoms. The molecule has 380 valence electrons. The van der Waals surface area contributed by atoms with Crippen LogP contribution in [0.5, 0.6) is 46.0 Å². The molecule has 0 spiro atoms. The van der Waals surface area contributed by atoms with Gasteiger partial charge in [-0.3, -0.25) is 39.0 Å². The number of nitrogens with zero attached hydrogens (tertiary/aromatic N) is 2. The van der Waals surface area contributed by atoms with Crippen LogP contribution in [0.4, 0.5) is 5.69 Å². The van der Waals surface area contributed by atoms with Gasteiger partial charge in [0.2, 0.25) is 0 Å². The minimum Gasteiger partial charge on any atom is -0.457 e. The number of imide groups is 3. The van der Waals surface area contributed by atoms with Gasteiger partial charge in [0.15, 0.2) is 0 Å². The maximum absolute atomic E-state index is 13.6. The third-order valence-electron chi connectivity index (χ3n) is 14.3. The lowest BCUT2D eigenvalue weighted by Crippen LogP contribution is -2.31. The van der Waals surface area contributed by atoms with Crippen LogP contribution in [-0.4, -0.2) is 46.9 Å². The van der Waals surface area contributed by atoms with E-state index in [0.717, 1.165) is 32.7 Å². The van der Waals surface area contributed by atoms with Gasteiger partial charge >= 0.3 is 0 Å². The second-order valence-corrected chi connectivity index (χ2v) is 19.9. The largest absolute Gasteiger partial charge is 0.457 e. The first-order valence-electron chi connectivity index (χ1n) is 25.0. The molecule has 0 saturated heterocycles. The number of carbonyl (C=O) groups excluding carboxylic acids is 6. The quantitative estimate of drug-likeness (QED) is 0.0924. The molecule has 0 aliphatic carbocycles. The Balaban J connectivity index is 0.652. The Morgan fingerprint density at radius 2 is 0.714 bits per heavy atom. The van der Waals surface area contributed by atoms with E-state index in [1.807, 2.05) is 121 Å². The van der Waals surface area contributed by atoms with E-state index in [9.17, 15) is 28.8 Å². The SMILES string of the molecule is CC(C)(c1ccc(Oc2ccc(CCN3C(=O)c4ccc(Oc5ccc(C(C)(C)c6ccc(Oc7ccc8c(c7)C(=O)NC8=O)cc6)cc5)cc4C3=O)cc2)cc1)c1ccc(Oc2ccc(N3C(=O)C=CC3=O)cc2)cc1. The van der Waals surface area contributed by atoms with Gasteiger partial charge in [-0.05, 0) is 156 Å². The maximum Gasteiger partial charge on any atom is 0.261 e. The van der Waals surface area contributed by atoms with Crippen molar-refractivity contribution < 1.29 is 47.7 Å². The fraction of sp³-hybridized carbons (Fsp3) is 0.125. The van der Waals surface area contributed by atoms with Crippen molar-refractivity contribution in [2.45, 2.75) is 44.9 Å². The van der Waals surface area contributed by atoms with E-state index in [1.54, 1.807) is 60.7 Å². The molecule has 0 radical (unpaired) electrons. The van der Waals surface area contributed by atoms with Crippen LogP contribution in [0.3, 0.4) is 0 Å². The smallest absolute Gasteiger partial charge is 0.261 e. The molecule has 0 saturated carbocycles. The maximum atomic E-state index is 13.6. The zero-order valence-electron chi connectivity index (χ0n) is 42.4. The molecule has 13 nitrogen and oxygen atoms in total. The molecule has 11 rings (SSSR count). The van der Waals surface area contributed by atoms with Gasteiger partial charge in [0.05, 0.1) is 27.9 Å². The second kappa shape index (κ2) is 19.8. The van der Waals surface area contributed by atoms with Crippen molar-refractivity contribution in [1.82, 2.24) is 10.2 Å². The number of nitrogens with one attached hydrogen (secondary N) is 1.